The van der Waals surface area contributed by atoms with Gasteiger partial charge in [-0.2, -0.15) is 0 Å². The minimum atomic E-state index is -0.642. The average Bonchev–Trinajstić information content (AvgIpc) is 2.65. The van der Waals surface area contributed by atoms with Crippen LogP contribution in [-0.2, 0) is 11.3 Å². The third-order valence-electron chi connectivity index (χ3n) is 5.03. The summed E-state index contributed by atoms with van der Waals surface area (Å²) in [4.78, 5) is 13.5. The molecule has 0 radical (unpaired) electrons. The van der Waals surface area contributed by atoms with Crippen LogP contribution in [0.25, 0.3) is 0 Å². The molecule has 0 amide bonds. The Bertz CT molecular complexity index is 532. The molecule has 0 saturated carbocycles. The Hall–Kier alpha value is -0.870. The van der Waals surface area contributed by atoms with Gasteiger partial charge in [0, 0.05) is 29.5 Å². The summed E-state index contributed by atoms with van der Waals surface area (Å²) in [6.07, 6.45) is 4.92. The van der Waals surface area contributed by atoms with Crippen molar-refractivity contribution < 1.29 is 9.90 Å². The number of carboxylic acid groups (broad SMARTS) is 1. The first kappa shape index (κ1) is 15.0. The van der Waals surface area contributed by atoms with E-state index in [4.69, 9.17) is 5.11 Å². The van der Waals surface area contributed by atoms with Gasteiger partial charge in [0.05, 0.1) is 0 Å². The largest absolute Gasteiger partial charge is 0.481 e. The molecule has 0 aliphatic carbocycles. The molecule has 2 unspecified atom stereocenters. The number of aryl methyl sites for hydroxylation is 1. The summed E-state index contributed by atoms with van der Waals surface area (Å²) in [7, 11) is 0. The van der Waals surface area contributed by atoms with Crippen LogP contribution in [0.4, 0.5) is 0 Å². The van der Waals surface area contributed by atoms with Gasteiger partial charge in [-0.25, -0.2) is 0 Å². The minimum absolute atomic E-state index is 0.345. The number of piperidine rings is 1. The van der Waals surface area contributed by atoms with E-state index in [1.54, 1.807) is 0 Å². The van der Waals surface area contributed by atoms with Gasteiger partial charge in [-0.3, -0.25) is 9.69 Å². The number of nitrogens with zero attached hydrogens (tertiary/aromatic N) is 1. The normalized spacial score (nSPS) is 28.8. The Balaban J connectivity index is 1.67. The Kier molecular flexibility index (Phi) is 4.36. The smallest absolute Gasteiger partial charge is 0.303 e. The number of rotatable bonds is 4. The number of halogens is 1. The van der Waals surface area contributed by atoms with Crippen molar-refractivity contribution in [1.82, 2.24) is 4.90 Å². The van der Waals surface area contributed by atoms with Crippen LogP contribution >= 0.6 is 15.9 Å². The van der Waals surface area contributed by atoms with E-state index in [0.717, 1.165) is 23.9 Å². The van der Waals surface area contributed by atoms with Crippen molar-refractivity contribution in [1.29, 1.82) is 0 Å². The van der Waals surface area contributed by atoms with Crippen molar-refractivity contribution in [3.8, 4) is 0 Å². The molecule has 114 valence electrons. The number of hydrogen-bond acceptors (Lipinski definition) is 2. The molecular formula is C17H22BrNO2. The van der Waals surface area contributed by atoms with Crippen LogP contribution in [0.15, 0.2) is 22.7 Å². The Morgan fingerprint density at radius 3 is 2.57 bits per heavy atom. The van der Waals surface area contributed by atoms with E-state index in [1.807, 2.05) is 0 Å². The van der Waals surface area contributed by atoms with Crippen molar-refractivity contribution in [3.05, 3.63) is 33.8 Å². The van der Waals surface area contributed by atoms with Gasteiger partial charge in [0.2, 0.25) is 0 Å². The SMILES string of the molecule is Cc1cc(CN2C3CCC2CC(CC(=O)O)C3)ccc1Br. The molecule has 0 spiro atoms. The standard InChI is InChI=1S/C17H22BrNO2/c1-11-6-12(2-5-16(11)18)10-19-14-3-4-15(19)8-13(7-14)9-17(20)21/h2,5-6,13-15H,3-4,7-10H2,1H3,(H,20,21). The lowest BCUT2D eigenvalue weighted by molar-refractivity contribution is -0.138. The fourth-order valence-corrected chi connectivity index (χ4v) is 4.32. The van der Waals surface area contributed by atoms with Gasteiger partial charge in [-0.05, 0) is 55.7 Å². The summed E-state index contributed by atoms with van der Waals surface area (Å²) in [5.41, 5.74) is 2.64. The first-order valence-electron chi connectivity index (χ1n) is 7.75. The fraction of sp³-hybridized carbons (Fsp3) is 0.588. The second-order valence-corrected chi connectivity index (χ2v) is 7.43. The predicted molar refractivity (Wildman–Crippen MR) is 86.2 cm³/mol. The van der Waals surface area contributed by atoms with Crippen LogP contribution in [0.5, 0.6) is 0 Å². The van der Waals surface area contributed by atoms with Crippen LogP contribution in [0.3, 0.4) is 0 Å². The first-order chi connectivity index (χ1) is 10.0. The second kappa shape index (κ2) is 6.09. The molecular weight excluding hydrogens is 330 g/mol. The van der Waals surface area contributed by atoms with Gasteiger partial charge in [-0.15, -0.1) is 0 Å². The molecule has 2 aliphatic heterocycles. The summed E-state index contributed by atoms with van der Waals surface area (Å²) in [6.45, 7) is 3.13. The summed E-state index contributed by atoms with van der Waals surface area (Å²) >= 11 is 3.55. The lowest BCUT2D eigenvalue weighted by Gasteiger charge is -2.38. The summed E-state index contributed by atoms with van der Waals surface area (Å²) < 4.78 is 1.16. The van der Waals surface area contributed by atoms with E-state index in [-0.39, 0.29) is 0 Å². The monoisotopic (exact) mass is 351 g/mol. The molecule has 1 aromatic carbocycles. The van der Waals surface area contributed by atoms with Crippen molar-refractivity contribution >= 4 is 21.9 Å². The van der Waals surface area contributed by atoms with Crippen LogP contribution in [0.1, 0.15) is 43.2 Å². The lowest BCUT2D eigenvalue weighted by atomic mass is 9.88. The van der Waals surface area contributed by atoms with Crippen LogP contribution in [0, 0.1) is 12.8 Å². The molecule has 2 aliphatic rings. The third-order valence-corrected chi connectivity index (χ3v) is 5.92. The molecule has 1 aromatic rings. The summed E-state index contributed by atoms with van der Waals surface area (Å²) in [5.74, 6) is -0.265. The van der Waals surface area contributed by atoms with E-state index in [9.17, 15) is 4.79 Å². The number of carbonyl (C=O) groups is 1. The number of hydrogen-bond donors (Lipinski definition) is 1. The minimum Gasteiger partial charge on any atom is -0.481 e. The number of benzene rings is 1. The zero-order valence-electron chi connectivity index (χ0n) is 12.4. The molecule has 2 atom stereocenters. The maximum Gasteiger partial charge on any atom is 0.303 e. The van der Waals surface area contributed by atoms with E-state index in [1.165, 1.54) is 24.0 Å². The van der Waals surface area contributed by atoms with Crippen molar-refractivity contribution in [2.75, 3.05) is 0 Å². The zero-order chi connectivity index (χ0) is 15.0. The predicted octanol–water partition coefficient (Wildman–Crippen LogP) is 3.98. The molecule has 2 heterocycles. The zero-order valence-corrected chi connectivity index (χ0v) is 14.0. The van der Waals surface area contributed by atoms with E-state index >= 15 is 0 Å². The Morgan fingerprint density at radius 2 is 2.00 bits per heavy atom. The molecule has 0 aromatic heterocycles. The number of carboxylic acids is 1. The molecule has 2 saturated heterocycles. The van der Waals surface area contributed by atoms with Gasteiger partial charge >= 0.3 is 5.97 Å². The fourth-order valence-electron chi connectivity index (χ4n) is 4.07. The molecule has 4 heteroatoms. The highest BCUT2D eigenvalue weighted by molar-refractivity contribution is 9.10. The molecule has 1 N–H and O–H groups in total. The van der Waals surface area contributed by atoms with Gasteiger partial charge in [0.15, 0.2) is 0 Å². The number of aliphatic carboxylic acids is 1. The van der Waals surface area contributed by atoms with E-state index in [0.29, 0.717) is 24.4 Å². The van der Waals surface area contributed by atoms with Crippen LogP contribution < -0.4 is 0 Å². The van der Waals surface area contributed by atoms with Crippen LogP contribution in [0.2, 0.25) is 0 Å². The topological polar surface area (TPSA) is 40.5 Å². The number of fused-ring (bicyclic) bond motifs is 2. The van der Waals surface area contributed by atoms with Gasteiger partial charge in [0.25, 0.3) is 0 Å². The molecule has 3 rings (SSSR count). The van der Waals surface area contributed by atoms with E-state index < -0.39 is 5.97 Å². The highest BCUT2D eigenvalue weighted by Crippen LogP contribution is 2.40. The van der Waals surface area contributed by atoms with Gasteiger partial charge < -0.3 is 5.11 Å². The average molecular weight is 352 g/mol. The van der Waals surface area contributed by atoms with Crippen LogP contribution in [-0.4, -0.2) is 28.1 Å². The highest BCUT2D eigenvalue weighted by atomic mass is 79.9. The Morgan fingerprint density at radius 1 is 1.33 bits per heavy atom. The molecule has 3 nitrogen and oxygen atoms in total. The van der Waals surface area contributed by atoms with Gasteiger partial charge in [-0.1, -0.05) is 28.1 Å². The van der Waals surface area contributed by atoms with Crippen molar-refractivity contribution in [3.63, 3.8) is 0 Å². The second-order valence-electron chi connectivity index (χ2n) is 6.58. The van der Waals surface area contributed by atoms with Crippen molar-refractivity contribution in [2.24, 2.45) is 5.92 Å². The van der Waals surface area contributed by atoms with Crippen molar-refractivity contribution in [2.45, 2.75) is 57.7 Å². The maximum atomic E-state index is 10.9. The molecule has 21 heavy (non-hydrogen) atoms. The quantitative estimate of drug-likeness (QED) is 0.891. The maximum absolute atomic E-state index is 10.9. The van der Waals surface area contributed by atoms with Gasteiger partial charge in [0.1, 0.15) is 0 Å². The third kappa shape index (κ3) is 3.32. The lowest BCUT2D eigenvalue weighted by Crippen LogP contribution is -2.42. The highest BCUT2D eigenvalue weighted by Gasteiger charge is 2.40. The van der Waals surface area contributed by atoms with E-state index in [2.05, 4.69) is 46.0 Å². The molecule has 2 bridgehead atoms. The first-order valence-corrected chi connectivity index (χ1v) is 8.55. The summed E-state index contributed by atoms with van der Waals surface area (Å²) in [6, 6.07) is 7.74. The summed E-state index contributed by atoms with van der Waals surface area (Å²) in [5, 5.41) is 9.00. The Labute approximate surface area is 134 Å². The molecule has 2 fully saturated rings.